The third kappa shape index (κ3) is 3.39. The average Bonchev–Trinajstić information content (AvgIpc) is 2.87. The Morgan fingerprint density at radius 3 is 3.05 bits per heavy atom. The van der Waals surface area contributed by atoms with E-state index in [1.807, 2.05) is 22.9 Å². The number of nitriles is 1. The summed E-state index contributed by atoms with van der Waals surface area (Å²) < 4.78 is 2.04. The van der Waals surface area contributed by atoms with Gasteiger partial charge in [-0.2, -0.15) is 5.26 Å². The first-order chi connectivity index (χ1) is 9.35. The van der Waals surface area contributed by atoms with E-state index in [0.717, 1.165) is 30.9 Å². The van der Waals surface area contributed by atoms with Gasteiger partial charge in [0.25, 0.3) is 0 Å². The molecule has 0 atom stereocenters. The maximum Gasteiger partial charge on any atom is 0.145 e. The van der Waals surface area contributed by atoms with Gasteiger partial charge in [0.05, 0.1) is 13.1 Å². The largest absolute Gasteiger partial charge is 0.329 e. The van der Waals surface area contributed by atoms with E-state index in [4.69, 9.17) is 5.26 Å². The zero-order valence-corrected chi connectivity index (χ0v) is 11.0. The van der Waals surface area contributed by atoms with E-state index in [2.05, 4.69) is 28.3 Å². The first-order valence-corrected chi connectivity index (χ1v) is 6.40. The van der Waals surface area contributed by atoms with Crippen LogP contribution >= 0.6 is 0 Å². The van der Waals surface area contributed by atoms with Gasteiger partial charge in [0.15, 0.2) is 0 Å². The van der Waals surface area contributed by atoms with Crippen LogP contribution in [0, 0.1) is 11.3 Å². The van der Waals surface area contributed by atoms with Crippen molar-refractivity contribution in [2.24, 2.45) is 0 Å². The third-order valence-electron chi connectivity index (χ3n) is 2.85. The monoisotopic (exact) mass is 255 g/mol. The van der Waals surface area contributed by atoms with Crippen LogP contribution in [-0.4, -0.2) is 21.1 Å². The minimum atomic E-state index is 0.476. The van der Waals surface area contributed by atoms with Gasteiger partial charge >= 0.3 is 0 Å². The van der Waals surface area contributed by atoms with Gasteiger partial charge in [-0.15, -0.1) is 0 Å². The molecule has 2 rings (SSSR count). The lowest BCUT2D eigenvalue weighted by Crippen LogP contribution is -2.18. The minimum Gasteiger partial charge on any atom is -0.329 e. The average molecular weight is 255 g/mol. The Balaban J connectivity index is 2.11. The minimum absolute atomic E-state index is 0.476. The molecular weight excluding hydrogens is 238 g/mol. The van der Waals surface area contributed by atoms with E-state index in [1.165, 1.54) is 0 Å². The number of hydrogen-bond donors (Lipinski definition) is 1. The molecule has 0 fully saturated rings. The number of nitrogens with one attached hydrogen (secondary N) is 1. The van der Waals surface area contributed by atoms with Crippen LogP contribution in [0.4, 0.5) is 0 Å². The van der Waals surface area contributed by atoms with E-state index < -0.39 is 0 Å². The van der Waals surface area contributed by atoms with Crippen molar-refractivity contribution in [1.29, 1.82) is 5.26 Å². The van der Waals surface area contributed by atoms with E-state index in [9.17, 15) is 0 Å². The molecule has 0 saturated heterocycles. The van der Waals surface area contributed by atoms with Crippen molar-refractivity contribution in [3.05, 3.63) is 47.8 Å². The number of nitrogens with zero attached hydrogens (tertiary/aromatic N) is 4. The molecule has 0 saturated carbocycles. The second-order valence-electron chi connectivity index (χ2n) is 4.27. The summed E-state index contributed by atoms with van der Waals surface area (Å²) in [5.41, 5.74) is 1.39. The molecule has 5 heteroatoms. The number of aromatic nitrogens is 3. The van der Waals surface area contributed by atoms with Gasteiger partial charge in [0.2, 0.25) is 0 Å². The molecule has 0 aliphatic carbocycles. The van der Waals surface area contributed by atoms with Crippen molar-refractivity contribution in [2.75, 3.05) is 6.54 Å². The fraction of sp³-hybridized carbons (Fsp3) is 0.357. The molecule has 0 bridgehead atoms. The molecule has 2 heterocycles. The molecule has 0 radical (unpaired) electrons. The lowest BCUT2D eigenvalue weighted by atomic mass is 10.2. The van der Waals surface area contributed by atoms with Crippen molar-refractivity contribution in [3.8, 4) is 6.07 Å². The molecule has 0 aliphatic heterocycles. The summed E-state index contributed by atoms with van der Waals surface area (Å²) in [5.74, 6) is 0.973. The second kappa shape index (κ2) is 6.66. The summed E-state index contributed by atoms with van der Waals surface area (Å²) in [4.78, 5) is 8.41. The lowest BCUT2D eigenvalue weighted by molar-refractivity contribution is 0.615. The van der Waals surface area contributed by atoms with Crippen molar-refractivity contribution in [3.63, 3.8) is 0 Å². The number of rotatable bonds is 6. The third-order valence-corrected chi connectivity index (χ3v) is 2.85. The van der Waals surface area contributed by atoms with Crippen molar-refractivity contribution >= 4 is 0 Å². The highest BCUT2D eigenvalue weighted by atomic mass is 15.1. The smallest absolute Gasteiger partial charge is 0.145 e. The second-order valence-corrected chi connectivity index (χ2v) is 4.27. The highest BCUT2D eigenvalue weighted by Gasteiger charge is 2.06. The molecule has 0 aliphatic rings. The fourth-order valence-electron chi connectivity index (χ4n) is 1.88. The van der Waals surface area contributed by atoms with Crippen LogP contribution in [0.3, 0.4) is 0 Å². The van der Waals surface area contributed by atoms with Crippen LogP contribution in [0.2, 0.25) is 0 Å². The predicted molar refractivity (Wildman–Crippen MR) is 72.3 cm³/mol. The molecular formula is C14H17N5. The van der Waals surface area contributed by atoms with E-state index in [-0.39, 0.29) is 0 Å². The van der Waals surface area contributed by atoms with Crippen molar-refractivity contribution in [2.45, 2.75) is 26.4 Å². The van der Waals surface area contributed by atoms with Crippen molar-refractivity contribution < 1.29 is 0 Å². The summed E-state index contributed by atoms with van der Waals surface area (Å²) in [6, 6.07) is 5.89. The van der Waals surface area contributed by atoms with E-state index in [0.29, 0.717) is 12.2 Å². The maximum absolute atomic E-state index is 9.04. The van der Waals surface area contributed by atoms with Gasteiger partial charge in [-0.25, -0.2) is 9.97 Å². The highest BCUT2D eigenvalue weighted by Crippen LogP contribution is 2.08. The predicted octanol–water partition coefficient (Wildman–Crippen LogP) is 1.70. The van der Waals surface area contributed by atoms with Crippen LogP contribution in [0.25, 0.3) is 0 Å². The molecule has 0 amide bonds. The van der Waals surface area contributed by atoms with Gasteiger partial charge in [-0.1, -0.05) is 13.0 Å². The summed E-state index contributed by atoms with van der Waals surface area (Å²) in [7, 11) is 0. The maximum atomic E-state index is 9.04. The Hall–Kier alpha value is -2.19. The summed E-state index contributed by atoms with van der Waals surface area (Å²) in [5, 5.41) is 12.4. The quantitative estimate of drug-likeness (QED) is 0.798. The molecule has 2 aromatic rings. The van der Waals surface area contributed by atoms with E-state index >= 15 is 0 Å². The first kappa shape index (κ1) is 13.2. The van der Waals surface area contributed by atoms with Crippen LogP contribution in [0.1, 0.15) is 30.4 Å². The summed E-state index contributed by atoms with van der Waals surface area (Å²) in [6.45, 7) is 4.47. The Bertz CT molecular complexity index is 567. The molecule has 1 N–H and O–H groups in total. The summed E-state index contributed by atoms with van der Waals surface area (Å²) >= 11 is 0. The Morgan fingerprint density at radius 1 is 1.37 bits per heavy atom. The Kier molecular flexibility index (Phi) is 4.65. The van der Waals surface area contributed by atoms with Crippen molar-refractivity contribution in [1.82, 2.24) is 19.9 Å². The molecule has 0 aromatic carbocycles. The van der Waals surface area contributed by atoms with Gasteiger partial charge in [-0.05, 0) is 19.0 Å². The molecule has 19 heavy (non-hydrogen) atoms. The zero-order chi connectivity index (χ0) is 13.5. The fourth-order valence-corrected chi connectivity index (χ4v) is 1.88. The molecule has 98 valence electrons. The van der Waals surface area contributed by atoms with Gasteiger partial charge < -0.3 is 9.88 Å². The number of hydrogen-bond acceptors (Lipinski definition) is 4. The number of pyridine rings is 1. The highest BCUT2D eigenvalue weighted by molar-refractivity contribution is 5.30. The van der Waals surface area contributed by atoms with Crippen LogP contribution in [0.15, 0.2) is 30.7 Å². The van der Waals surface area contributed by atoms with Gasteiger partial charge in [0, 0.05) is 24.2 Å². The first-order valence-electron chi connectivity index (χ1n) is 6.40. The van der Waals surface area contributed by atoms with Gasteiger partial charge in [0.1, 0.15) is 17.6 Å². The van der Waals surface area contributed by atoms with Crippen LogP contribution < -0.4 is 5.32 Å². The number of imidazole rings is 1. The van der Waals surface area contributed by atoms with Crippen LogP contribution in [-0.2, 0) is 13.1 Å². The van der Waals surface area contributed by atoms with Gasteiger partial charge in [-0.3, -0.25) is 0 Å². The zero-order valence-electron chi connectivity index (χ0n) is 11.0. The topological polar surface area (TPSA) is 66.5 Å². The Morgan fingerprint density at radius 2 is 2.26 bits per heavy atom. The molecule has 0 spiro atoms. The summed E-state index contributed by atoms with van der Waals surface area (Å²) in [6.07, 6.45) is 6.45. The van der Waals surface area contributed by atoms with E-state index in [1.54, 1.807) is 12.4 Å². The Labute approximate surface area is 112 Å². The SMILES string of the molecule is CCCNCc1nccn1Cc1cccnc1C#N. The lowest BCUT2D eigenvalue weighted by Gasteiger charge is -2.09. The standard InChI is InChI=1S/C14H17N5/c1-2-5-16-10-14-18-7-8-19(14)11-12-4-3-6-17-13(12)9-15/h3-4,6-8,16H,2,5,10-11H2,1H3. The van der Waals surface area contributed by atoms with Crippen LogP contribution in [0.5, 0.6) is 0 Å². The normalized spacial score (nSPS) is 10.3. The molecule has 2 aromatic heterocycles. The molecule has 0 unspecified atom stereocenters. The molecule has 5 nitrogen and oxygen atoms in total.